The van der Waals surface area contributed by atoms with Crippen LogP contribution in [0.1, 0.15) is 12.1 Å². The summed E-state index contributed by atoms with van der Waals surface area (Å²) < 4.78 is 26.5. The predicted molar refractivity (Wildman–Crippen MR) is 96.9 cm³/mol. The van der Waals surface area contributed by atoms with Crippen LogP contribution in [-0.2, 0) is 11.2 Å². The molecule has 0 saturated carbocycles. The number of fused-ring (bicyclic) bond motifs is 3. The number of aromatic nitrogens is 2. The lowest BCUT2D eigenvalue weighted by Crippen LogP contribution is -2.13. The summed E-state index contributed by atoms with van der Waals surface area (Å²) >= 11 is 0. The maximum Gasteiger partial charge on any atom is 0.224 e. The van der Waals surface area contributed by atoms with Crippen LogP contribution in [0.2, 0.25) is 0 Å². The van der Waals surface area contributed by atoms with Crippen molar-refractivity contribution in [2.75, 3.05) is 5.32 Å². The summed E-state index contributed by atoms with van der Waals surface area (Å²) in [5.74, 6) is -1.83. The highest BCUT2D eigenvalue weighted by atomic mass is 19.1. The van der Waals surface area contributed by atoms with E-state index in [2.05, 4.69) is 15.3 Å². The first-order valence-corrected chi connectivity index (χ1v) is 8.20. The van der Waals surface area contributed by atoms with Crippen LogP contribution in [0.25, 0.3) is 21.8 Å². The number of carbonyl (C=O) groups excluding carboxylic acids is 1. The molecule has 2 N–H and O–H groups in total. The molecule has 4 aromatic rings. The Morgan fingerprint density at radius 1 is 1.04 bits per heavy atom. The van der Waals surface area contributed by atoms with E-state index in [1.807, 2.05) is 30.3 Å². The number of nitrogens with zero attached hydrogens (tertiary/aromatic N) is 1. The Labute approximate surface area is 147 Å². The number of amides is 1. The summed E-state index contributed by atoms with van der Waals surface area (Å²) in [6.45, 7) is 0. The van der Waals surface area contributed by atoms with Crippen LogP contribution in [0.15, 0.2) is 54.7 Å². The van der Waals surface area contributed by atoms with Gasteiger partial charge < -0.3 is 10.3 Å². The molecule has 2 aromatic carbocycles. The van der Waals surface area contributed by atoms with Crippen LogP contribution in [0.5, 0.6) is 0 Å². The maximum absolute atomic E-state index is 13.6. The molecule has 4 rings (SSSR count). The molecule has 0 aliphatic heterocycles. The number of aryl methyl sites for hydroxylation is 1. The van der Waals surface area contributed by atoms with Crippen LogP contribution in [-0.4, -0.2) is 15.9 Å². The van der Waals surface area contributed by atoms with Gasteiger partial charge in [0.25, 0.3) is 0 Å². The second-order valence-corrected chi connectivity index (χ2v) is 6.06. The standard InChI is InChI=1S/C20H15F2N3O/c21-12-5-7-18(16(22)9-12)25-20(26)8-6-13-10-15-14-3-1-2-4-17(14)24-19(15)11-23-13/h1-5,7,9-11,24H,6,8H2,(H,25,26). The largest absolute Gasteiger partial charge is 0.353 e. The number of para-hydroxylation sites is 1. The van der Waals surface area contributed by atoms with Crippen LogP contribution in [0.4, 0.5) is 14.5 Å². The Kier molecular flexibility index (Phi) is 4.08. The number of pyridine rings is 1. The molecule has 130 valence electrons. The predicted octanol–water partition coefficient (Wildman–Crippen LogP) is 4.57. The van der Waals surface area contributed by atoms with Gasteiger partial charge in [0.1, 0.15) is 11.6 Å². The van der Waals surface area contributed by atoms with Gasteiger partial charge in [0.15, 0.2) is 0 Å². The minimum Gasteiger partial charge on any atom is -0.353 e. The van der Waals surface area contributed by atoms with E-state index in [-0.39, 0.29) is 18.0 Å². The lowest BCUT2D eigenvalue weighted by Gasteiger charge is -2.06. The molecule has 4 nitrogen and oxygen atoms in total. The fourth-order valence-electron chi connectivity index (χ4n) is 2.98. The van der Waals surface area contributed by atoms with Crippen molar-refractivity contribution in [2.24, 2.45) is 0 Å². The third kappa shape index (κ3) is 3.13. The van der Waals surface area contributed by atoms with Gasteiger partial charge in [-0.05, 0) is 30.7 Å². The van der Waals surface area contributed by atoms with Gasteiger partial charge in [0.05, 0.1) is 17.4 Å². The van der Waals surface area contributed by atoms with Crippen molar-refractivity contribution in [3.8, 4) is 0 Å². The van der Waals surface area contributed by atoms with Gasteiger partial charge in [-0.15, -0.1) is 0 Å². The SMILES string of the molecule is O=C(CCc1cc2c(cn1)[nH]c1ccccc12)Nc1ccc(F)cc1F. The van der Waals surface area contributed by atoms with E-state index >= 15 is 0 Å². The van der Waals surface area contributed by atoms with Crippen molar-refractivity contribution in [2.45, 2.75) is 12.8 Å². The number of carbonyl (C=O) groups is 1. The van der Waals surface area contributed by atoms with Gasteiger partial charge in [0, 0.05) is 34.5 Å². The second kappa shape index (κ2) is 6.55. The molecule has 0 unspecified atom stereocenters. The van der Waals surface area contributed by atoms with Crippen LogP contribution >= 0.6 is 0 Å². The molecule has 0 bridgehead atoms. The van der Waals surface area contributed by atoms with Crippen molar-refractivity contribution in [3.63, 3.8) is 0 Å². The Bertz CT molecular complexity index is 1120. The maximum atomic E-state index is 13.6. The van der Waals surface area contributed by atoms with Crippen LogP contribution in [0.3, 0.4) is 0 Å². The molecule has 2 aromatic heterocycles. The summed E-state index contributed by atoms with van der Waals surface area (Å²) in [4.78, 5) is 19.7. The number of aromatic amines is 1. The Morgan fingerprint density at radius 3 is 2.73 bits per heavy atom. The number of rotatable bonds is 4. The first kappa shape index (κ1) is 16.2. The highest BCUT2D eigenvalue weighted by molar-refractivity contribution is 6.07. The number of halogens is 2. The molecule has 0 spiro atoms. The van der Waals surface area contributed by atoms with Crippen LogP contribution in [0, 0.1) is 11.6 Å². The van der Waals surface area contributed by atoms with Crippen molar-refractivity contribution < 1.29 is 13.6 Å². The summed E-state index contributed by atoms with van der Waals surface area (Å²) in [5.41, 5.74) is 2.71. The highest BCUT2D eigenvalue weighted by Gasteiger charge is 2.10. The van der Waals surface area contributed by atoms with Crippen molar-refractivity contribution in [1.29, 1.82) is 0 Å². The molecular formula is C20H15F2N3O. The Hall–Kier alpha value is -3.28. The smallest absolute Gasteiger partial charge is 0.224 e. The third-order valence-electron chi connectivity index (χ3n) is 4.26. The first-order valence-electron chi connectivity index (χ1n) is 8.20. The van der Waals surface area contributed by atoms with E-state index < -0.39 is 11.6 Å². The van der Waals surface area contributed by atoms with E-state index in [9.17, 15) is 13.6 Å². The minimum atomic E-state index is -0.795. The number of H-pyrrole nitrogens is 1. The normalized spacial score (nSPS) is 11.2. The molecule has 6 heteroatoms. The number of hydrogen-bond acceptors (Lipinski definition) is 2. The topological polar surface area (TPSA) is 57.8 Å². The molecule has 0 aliphatic carbocycles. The molecule has 1 amide bonds. The fourth-order valence-corrected chi connectivity index (χ4v) is 2.98. The van der Waals surface area contributed by atoms with Gasteiger partial charge in [-0.2, -0.15) is 0 Å². The molecule has 2 heterocycles. The Balaban J connectivity index is 1.48. The first-order chi connectivity index (χ1) is 12.6. The van der Waals surface area contributed by atoms with Gasteiger partial charge in [0.2, 0.25) is 5.91 Å². The second-order valence-electron chi connectivity index (χ2n) is 6.06. The lowest BCUT2D eigenvalue weighted by molar-refractivity contribution is -0.116. The summed E-state index contributed by atoms with van der Waals surface area (Å²) in [5, 5.41) is 4.61. The molecular weight excluding hydrogens is 336 g/mol. The number of benzene rings is 2. The average molecular weight is 351 g/mol. The number of hydrogen-bond donors (Lipinski definition) is 2. The van der Waals surface area contributed by atoms with Gasteiger partial charge in [-0.3, -0.25) is 9.78 Å². The molecule has 0 fully saturated rings. The molecule has 0 saturated heterocycles. The van der Waals surface area contributed by atoms with Crippen molar-refractivity contribution in [1.82, 2.24) is 9.97 Å². The summed E-state index contributed by atoms with van der Waals surface area (Å²) in [6, 6.07) is 13.0. The minimum absolute atomic E-state index is 0.0311. The number of nitrogens with one attached hydrogen (secondary N) is 2. The molecule has 0 radical (unpaired) electrons. The average Bonchev–Trinajstić information content (AvgIpc) is 3.00. The van der Waals surface area contributed by atoms with Gasteiger partial charge in [-0.25, -0.2) is 8.78 Å². The molecule has 0 atom stereocenters. The lowest BCUT2D eigenvalue weighted by atomic mass is 10.1. The summed E-state index contributed by atoms with van der Waals surface area (Å²) in [6.07, 6.45) is 2.32. The monoisotopic (exact) mass is 351 g/mol. The van der Waals surface area contributed by atoms with E-state index in [0.29, 0.717) is 6.42 Å². The van der Waals surface area contributed by atoms with Gasteiger partial charge >= 0.3 is 0 Å². The third-order valence-corrected chi connectivity index (χ3v) is 4.26. The zero-order valence-corrected chi connectivity index (χ0v) is 13.7. The van der Waals surface area contributed by atoms with Crippen LogP contribution < -0.4 is 5.32 Å². The zero-order valence-electron chi connectivity index (χ0n) is 13.7. The fraction of sp³-hybridized carbons (Fsp3) is 0.100. The van der Waals surface area contributed by atoms with E-state index in [1.165, 1.54) is 6.07 Å². The molecule has 26 heavy (non-hydrogen) atoms. The zero-order chi connectivity index (χ0) is 18.1. The van der Waals surface area contributed by atoms with Gasteiger partial charge in [-0.1, -0.05) is 18.2 Å². The number of anilines is 1. The van der Waals surface area contributed by atoms with Crippen molar-refractivity contribution >= 4 is 33.4 Å². The highest BCUT2D eigenvalue weighted by Crippen LogP contribution is 2.25. The van der Waals surface area contributed by atoms with E-state index in [1.54, 1.807) is 6.20 Å². The quantitative estimate of drug-likeness (QED) is 0.566. The Morgan fingerprint density at radius 2 is 1.88 bits per heavy atom. The van der Waals surface area contributed by atoms with E-state index in [0.717, 1.165) is 39.6 Å². The molecule has 0 aliphatic rings. The van der Waals surface area contributed by atoms with E-state index in [4.69, 9.17) is 0 Å². The summed E-state index contributed by atoms with van der Waals surface area (Å²) in [7, 11) is 0. The van der Waals surface area contributed by atoms with Crippen molar-refractivity contribution in [3.05, 3.63) is 72.1 Å².